The number of nitrogens with zero attached hydrogens (tertiary/aromatic N) is 2. The molecule has 0 saturated heterocycles. The molecule has 19 heavy (non-hydrogen) atoms. The van der Waals surface area contributed by atoms with Crippen molar-refractivity contribution >= 4 is 11.3 Å². The van der Waals surface area contributed by atoms with Crippen LogP contribution in [0.1, 0.15) is 48.6 Å². The van der Waals surface area contributed by atoms with Crippen molar-refractivity contribution in [2.24, 2.45) is 5.73 Å². The lowest BCUT2D eigenvalue weighted by Gasteiger charge is -2.23. The molecule has 0 amide bonds. The van der Waals surface area contributed by atoms with Crippen molar-refractivity contribution in [3.05, 3.63) is 39.3 Å². The topological polar surface area (TPSA) is 43.8 Å². The summed E-state index contributed by atoms with van der Waals surface area (Å²) in [6, 6.07) is 4.56. The van der Waals surface area contributed by atoms with Crippen molar-refractivity contribution in [3.8, 4) is 0 Å². The predicted octanol–water partition coefficient (Wildman–Crippen LogP) is 3.31. The van der Waals surface area contributed by atoms with E-state index in [0.717, 1.165) is 18.5 Å². The summed E-state index contributed by atoms with van der Waals surface area (Å²) in [4.78, 5) is 1.33. The zero-order valence-corrected chi connectivity index (χ0v) is 13.0. The van der Waals surface area contributed by atoms with Gasteiger partial charge in [0.1, 0.15) is 6.04 Å². The van der Waals surface area contributed by atoms with E-state index in [0.29, 0.717) is 0 Å². The lowest BCUT2D eigenvalue weighted by molar-refractivity contribution is 0.443. The van der Waals surface area contributed by atoms with Gasteiger partial charge in [0, 0.05) is 16.6 Å². The zero-order chi connectivity index (χ0) is 14.0. The van der Waals surface area contributed by atoms with Crippen molar-refractivity contribution in [3.63, 3.8) is 0 Å². The third-order valence-electron chi connectivity index (χ3n) is 3.52. The molecule has 0 fully saturated rings. The highest BCUT2D eigenvalue weighted by molar-refractivity contribution is 7.10. The smallest absolute Gasteiger partial charge is 0.101 e. The van der Waals surface area contributed by atoms with Crippen LogP contribution in [0.3, 0.4) is 0 Å². The normalized spacial score (nSPS) is 14.6. The van der Waals surface area contributed by atoms with Crippen molar-refractivity contribution in [1.82, 2.24) is 9.78 Å². The molecule has 0 aromatic carbocycles. The monoisotopic (exact) mass is 277 g/mol. The van der Waals surface area contributed by atoms with Crippen molar-refractivity contribution in [2.75, 3.05) is 0 Å². The summed E-state index contributed by atoms with van der Waals surface area (Å²) >= 11 is 1.78. The minimum absolute atomic E-state index is 0.0484. The van der Waals surface area contributed by atoms with Crippen LogP contribution in [0.5, 0.6) is 0 Å². The van der Waals surface area contributed by atoms with Crippen LogP contribution in [0, 0.1) is 6.92 Å². The minimum atomic E-state index is 0.0484. The number of hydrogen-bond acceptors (Lipinski definition) is 3. The van der Waals surface area contributed by atoms with Gasteiger partial charge < -0.3 is 5.73 Å². The number of aryl methyl sites for hydroxylation is 3. The zero-order valence-electron chi connectivity index (χ0n) is 12.2. The van der Waals surface area contributed by atoms with Crippen LogP contribution in [0.2, 0.25) is 0 Å². The second kappa shape index (κ2) is 5.88. The first-order chi connectivity index (χ1) is 9.08. The van der Waals surface area contributed by atoms with Gasteiger partial charge in [0.05, 0.1) is 5.69 Å². The number of nitrogens with two attached hydrogens (primary N) is 1. The molecule has 0 spiro atoms. The second-order valence-corrected chi connectivity index (χ2v) is 6.00. The van der Waals surface area contributed by atoms with E-state index in [1.54, 1.807) is 11.3 Å². The summed E-state index contributed by atoms with van der Waals surface area (Å²) in [7, 11) is 0. The van der Waals surface area contributed by atoms with Gasteiger partial charge in [-0.05, 0) is 49.8 Å². The Labute approximate surface area is 119 Å². The molecule has 0 radical (unpaired) electrons. The van der Waals surface area contributed by atoms with Gasteiger partial charge in [-0.15, -0.1) is 11.3 Å². The van der Waals surface area contributed by atoms with Crippen molar-refractivity contribution in [2.45, 2.75) is 52.6 Å². The summed E-state index contributed by atoms with van der Waals surface area (Å²) < 4.78 is 2.14. The third-order valence-corrected chi connectivity index (χ3v) is 4.61. The molecule has 0 aliphatic heterocycles. The average molecular weight is 277 g/mol. The van der Waals surface area contributed by atoms with Gasteiger partial charge in [-0.3, -0.25) is 4.68 Å². The van der Waals surface area contributed by atoms with E-state index in [1.165, 1.54) is 16.1 Å². The molecule has 0 aliphatic carbocycles. The van der Waals surface area contributed by atoms with E-state index in [9.17, 15) is 0 Å². The Balaban J connectivity index is 2.51. The first kappa shape index (κ1) is 14.3. The Morgan fingerprint density at radius 3 is 2.58 bits per heavy atom. The summed E-state index contributed by atoms with van der Waals surface area (Å²) in [6.45, 7) is 8.53. The van der Waals surface area contributed by atoms with E-state index >= 15 is 0 Å². The van der Waals surface area contributed by atoms with Gasteiger partial charge in [0.2, 0.25) is 0 Å². The summed E-state index contributed by atoms with van der Waals surface area (Å²) in [5.41, 5.74) is 9.98. The highest BCUT2D eigenvalue weighted by Gasteiger charge is 2.24. The Bertz CT molecular complexity index is 539. The SMILES string of the molecule is CCc1cc(CC)n(C(c2sccc2C)C(C)N)n1. The molecule has 4 heteroatoms. The highest BCUT2D eigenvalue weighted by Crippen LogP contribution is 2.30. The fourth-order valence-electron chi connectivity index (χ4n) is 2.43. The molecule has 0 saturated carbocycles. The lowest BCUT2D eigenvalue weighted by atomic mass is 10.1. The maximum absolute atomic E-state index is 6.25. The second-order valence-electron chi connectivity index (χ2n) is 5.05. The van der Waals surface area contributed by atoms with Gasteiger partial charge in [-0.2, -0.15) is 5.10 Å². The molecule has 0 bridgehead atoms. The third kappa shape index (κ3) is 2.74. The molecule has 2 rings (SSSR count). The van der Waals surface area contributed by atoms with Crippen LogP contribution in [0.15, 0.2) is 17.5 Å². The Hall–Kier alpha value is -1.13. The number of hydrogen-bond donors (Lipinski definition) is 1. The molecule has 3 nitrogen and oxygen atoms in total. The lowest BCUT2D eigenvalue weighted by Crippen LogP contribution is -2.31. The Morgan fingerprint density at radius 1 is 1.37 bits per heavy atom. The van der Waals surface area contributed by atoms with Gasteiger partial charge in [-0.25, -0.2) is 0 Å². The molecular formula is C15H23N3S. The summed E-state index contributed by atoms with van der Waals surface area (Å²) in [5.74, 6) is 0. The number of rotatable bonds is 5. The van der Waals surface area contributed by atoms with Crippen LogP contribution in [0.4, 0.5) is 0 Å². The van der Waals surface area contributed by atoms with Crippen LogP contribution in [0.25, 0.3) is 0 Å². The van der Waals surface area contributed by atoms with Gasteiger partial charge in [-0.1, -0.05) is 13.8 Å². The maximum atomic E-state index is 6.25. The molecular weight excluding hydrogens is 254 g/mol. The van der Waals surface area contributed by atoms with Gasteiger partial charge >= 0.3 is 0 Å². The Morgan fingerprint density at radius 2 is 2.11 bits per heavy atom. The molecule has 2 heterocycles. The molecule has 0 aliphatic rings. The molecule has 2 aromatic heterocycles. The van der Waals surface area contributed by atoms with Crippen LogP contribution < -0.4 is 5.73 Å². The van der Waals surface area contributed by atoms with E-state index in [-0.39, 0.29) is 12.1 Å². The fourth-order valence-corrected chi connectivity index (χ4v) is 3.55. The van der Waals surface area contributed by atoms with Crippen LogP contribution in [-0.2, 0) is 12.8 Å². The van der Waals surface area contributed by atoms with Crippen molar-refractivity contribution < 1.29 is 0 Å². The Kier molecular flexibility index (Phi) is 4.42. The quantitative estimate of drug-likeness (QED) is 0.911. The van der Waals surface area contributed by atoms with E-state index in [4.69, 9.17) is 10.8 Å². The van der Waals surface area contributed by atoms with E-state index in [1.807, 2.05) is 0 Å². The standard InChI is InChI=1S/C15H23N3S/c1-5-12-9-13(6-2)18(17-12)14(11(4)16)15-10(3)7-8-19-15/h7-9,11,14H,5-6,16H2,1-4H3. The number of aromatic nitrogens is 2. The molecule has 2 atom stereocenters. The first-order valence-corrected chi connectivity index (χ1v) is 7.83. The van der Waals surface area contributed by atoms with Crippen LogP contribution >= 0.6 is 11.3 Å². The van der Waals surface area contributed by atoms with Gasteiger partial charge in [0.25, 0.3) is 0 Å². The van der Waals surface area contributed by atoms with Crippen LogP contribution in [-0.4, -0.2) is 15.8 Å². The minimum Gasteiger partial charge on any atom is -0.326 e. The highest BCUT2D eigenvalue weighted by atomic mass is 32.1. The fraction of sp³-hybridized carbons (Fsp3) is 0.533. The largest absolute Gasteiger partial charge is 0.326 e. The van der Waals surface area contributed by atoms with Crippen molar-refractivity contribution in [1.29, 1.82) is 0 Å². The molecule has 2 N–H and O–H groups in total. The summed E-state index contributed by atoms with van der Waals surface area (Å²) in [6.07, 6.45) is 1.95. The van der Waals surface area contributed by atoms with E-state index < -0.39 is 0 Å². The van der Waals surface area contributed by atoms with E-state index in [2.05, 4.69) is 49.9 Å². The molecule has 104 valence electrons. The maximum Gasteiger partial charge on any atom is 0.101 e. The molecule has 2 unspecified atom stereocenters. The predicted molar refractivity (Wildman–Crippen MR) is 81.8 cm³/mol. The average Bonchev–Trinajstić information content (AvgIpc) is 2.97. The first-order valence-electron chi connectivity index (χ1n) is 6.95. The molecule has 2 aromatic rings. The van der Waals surface area contributed by atoms with Gasteiger partial charge in [0.15, 0.2) is 0 Å². The number of thiophene rings is 1. The summed E-state index contributed by atoms with van der Waals surface area (Å²) in [5, 5.41) is 6.90.